The Morgan fingerprint density at radius 1 is 1.25 bits per heavy atom. The molecule has 2 aromatic heterocycles. The molecule has 2 aliphatic heterocycles. The number of carbonyl (C=O) groups excluding carboxylic acids is 1. The quantitative estimate of drug-likeness (QED) is 0.854. The molecule has 6 nitrogen and oxygen atoms in total. The average Bonchev–Trinajstić information content (AvgIpc) is 3.36. The minimum Gasteiger partial charge on any atom is -0.337 e. The molecule has 2 fully saturated rings. The Labute approximate surface area is 146 Å². The molecule has 4 heterocycles. The molecule has 0 N–H and O–H groups in total. The number of amides is 1. The fraction of sp³-hybridized carbons (Fsp3) is 0.588. The molecule has 7 heteroatoms. The number of aromatic nitrogens is 3. The lowest BCUT2D eigenvalue weighted by Gasteiger charge is -2.32. The van der Waals surface area contributed by atoms with E-state index in [2.05, 4.69) is 32.0 Å². The van der Waals surface area contributed by atoms with Crippen molar-refractivity contribution in [3.63, 3.8) is 0 Å². The summed E-state index contributed by atoms with van der Waals surface area (Å²) in [6.07, 6.45) is 6.30. The van der Waals surface area contributed by atoms with Crippen LogP contribution in [-0.4, -0.2) is 56.9 Å². The highest BCUT2D eigenvalue weighted by molar-refractivity contribution is 7.07. The Kier molecular flexibility index (Phi) is 4.62. The van der Waals surface area contributed by atoms with Gasteiger partial charge in [0.05, 0.1) is 12.2 Å². The van der Waals surface area contributed by atoms with E-state index in [9.17, 15) is 4.79 Å². The number of thiophene rings is 1. The number of nitrogens with zero attached hydrogens (tertiary/aromatic N) is 5. The molecular formula is C17H23N5OS. The summed E-state index contributed by atoms with van der Waals surface area (Å²) in [5, 5.41) is 12.7. The van der Waals surface area contributed by atoms with Crippen LogP contribution in [0.15, 0.2) is 23.0 Å². The number of hydrogen-bond acceptors (Lipinski definition) is 5. The Balaban J connectivity index is 1.41. The third kappa shape index (κ3) is 3.37. The monoisotopic (exact) mass is 345 g/mol. The van der Waals surface area contributed by atoms with Crippen molar-refractivity contribution < 1.29 is 4.79 Å². The van der Waals surface area contributed by atoms with Crippen LogP contribution in [0.2, 0.25) is 0 Å². The predicted molar refractivity (Wildman–Crippen MR) is 93.0 cm³/mol. The van der Waals surface area contributed by atoms with Crippen LogP contribution >= 0.6 is 11.3 Å². The first-order chi connectivity index (χ1) is 11.8. The van der Waals surface area contributed by atoms with Gasteiger partial charge in [-0.25, -0.2) is 4.68 Å². The van der Waals surface area contributed by atoms with Gasteiger partial charge in [0, 0.05) is 26.2 Å². The summed E-state index contributed by atoms with van der Waals surface area (Å²) in [6, 6.07) is 2.50. The SMILES string of the molecule is O=C(c1cn(C2CCCN(Cc3ccsc3)C2)nn1)N1CCCC1. The highest BCUT2D eigenvalue weighted by Crippen LogP contribution is 2.23. The molecular weight excluding hydrogens is 322 g/mol. The van der Waals surface area contributed by atoms with Gasteiger partial charge >= 0.3 is 0 Å². The van der Waals surface area contributed by atoms with Crippen molar-refractivity contribution in [3.8, 4) is 0 Å². The second kappa shape index (κ2) is 7.03. The van der Waals surface area contributed by atoms with Crippen LogP contribution in [0.3, 0.4) is 0 Å². The van der Waals surface area contributed by atoms with Crippen LogP contribution in [0.1, 0.15) is 47.8 Å². The summed E-state index contributed by atoms with van der Waals surface area (Å²) in [5.41, 5.74) is 1.87. The zero-order chi connectivity index (χ0) is 16.4. The zero-order valence-electron chi connectivity index (χ0n) is 13.8. The molecule has 128 valence electrons. The minimum atomic E-state index is 0.0321. The fourth-order valence-corrected chi connectivity index (χ4v) is 4.33. The van der Waals surface area contributed by atoms with E-state index < -0.39 is 0 Å². The minimum absolute atomic E-state index is 0.0321. The molecule has 0 spiro atoms. The summed E-state index contributed by atoms with van der Waals surface area (Å²) in [6.45, 7) is 4.79. The van der Waals surface area contributed by atoms with E-state index in [1.807, 2.05) is 15.8 Å². The van der Waals surface area contributed by atoms with E-state index in [1.54, 1.807) is 11.3 Å². The summed E-state index contributed by atoms with van der Waals surface area (Å²) in [5.74, 6) is 0.0321. The number of likely N-dealkylation sites (tertiary alicyclic amines) is 2. The highest BCUT2D eigenvalue weighted by Gasteiger charge is 2.26. The average molecular weight is 345 g/mol. The van der Waals surface area contributed by atoms with Crippen LogP contribution in [0.4, 0.5) is 0 Å². The molecule has 0 saturated carbocycles. The maximum absolute atomic E-state index is 12.4. The molecule has 1 amide bonds. The van der Waals surface area contributed by atoms with Crippen LogP contribution in [0.25, 0.3) is 0 Å². The highest BCUT2D eigenvalue weighted by atomic mass is 32.1. The Morgan fingerprint density at radius 2 is 2.12 bits per heavy atom. The van der Waals surface area contributed by atoms with E-state index in [4.69, 9.17) is 0 Å². The molecule has 2 aliphatic rings. The van der Waals surface area contributed by atoms with E-state index in [0.717, 1.165) is 58.4 Å². The standard InChI is InChI=1S/C17H23N5OS/c23-17(21-7-1-2-8-21)16-12-22(19-18-16)15-4-3-6-20(11-15)10-14-5-9-24-13-14/h5,9,12-13,15H,1-4,6-8,10-11H2. The van der Waals surface area contributed by atoms with Crippen molar-refractivity contribution in [2.45, 2.75) is 38.3 Å². The van der Waals surface area contributed by atoms with Crippen molar-refractivity contribution in [2.75, 3.05) is 26.2 Å². The van der Waals surface area contributed by atoms with E-state index >= 15 is 0 Å². The number of hydrogen-bond donors (Lipinski definition) is 0. The summed E-state index contributed by atoms with van der Waals surface area (Å²) in [4.78, 5) is 16.8. The van der Waals surface area contributed by atoms with Crippen LogP contribution in [0.5, 0.6) is 0 Å². The van der Waals surface area contributed by atoms with Gasteiger partial charge in [0.15, 0.2) is 5.69 Å². The van der Waals surface area contributed by atoms with Crippen molar-refractivity contribution in [3.05, 3.63) is 34.3 Å². The summed E-state index contributed by atoms with van der Waals surface area (Å²) >= 11 is 1.75. The lowest BCUT2D eigenvalue weighted by atomic mass is 10.1. The van der Waals surface area contributed by atoms with Gasteiger partial charge in [-0.3, -0.25) is 9.69 Å². The normalized spacial score (nSPS) is 22.2. The fourth-order valence-electron chi connectivity index (χ4n) is 3.67. The molecule has 24 heavy (non-hydrogen) atoms. The first kappa shape index (κ1) is 15.8. The van der Waals surface area contributed by atoms with Crippen LogP contribution in [0, 0.1) is 0 Å². The van der Waals surface area contributed by atoms with Gasteiger partial charge in [0.1, 0.15) is 0 Å². The molecule has 0 radical (unpaired) electrons. The van der Waals surface area contributed by atoms with Gasteiger partial charge in [-0.1, -0.05) is 5.21 Å². The van der Waals surface area contributed by atoms with E-state index in [0.29, 0.717) is 11.7 Å². The van der Waals surface area contributed by atoms with Crippen LogP contribution < -0.4 is 0 Å². The molecule has 0 bridgehead atoms. The third-order valence-electron chi connectivity index (χ3n) is 4.96. The van der Waals surface area contributed by atoms with E-state index in [1.165, 1.54) is 5.56 Å². The lowest BCUT2D eigenvalue weighted by Crippen LogP contribution is -2.36. The largest absolute Gasteiger partial charge is 0.337 e. The number of piperidine rings is 1. The van der Waals surface area contributed by atoms with Gasteiger partial charge in [0.2, 0.25) is 0 Å². The van der Waals surface area contributed by atoms with Gasteiger partial charge < -0.3 is 4.90 Å². The molecule has 4 rings (SSSR count). The second-order valence-corrected chi connectivity index (χ2v) is 7.53. The summed E-state index contributed by atoms with van der Waals surface area (Å²) in [7, 11) is 0. The Bertz CT molecular complexity index is 677. The number of rotatable bonds is 4. The van der Waals surface area contributed by atoms with Gasteiger partial charge in [-0.2, -0.15) is 11.3 Å². The van der Waals surface area contributed by atoms with Gasteiger partial charge in [-0.15, -0.1) is 5.10 Å². The van der Waals surface area contributed by atoms with Gasteiger partial charge in [-0.05, 0) is 54.6 Å². The van der Waals surface area contributed by atoms with E-state index in [-0.39, 0.29) is 5.91 Å². The van der Waals surface area contributed by atoms with Gasteiger partial charge in [0.25, 0.3) is 5.91 Å². The maximum Gasteiger partial charge on any atom is 0.276 e. The van der Waals surface area contributed by atoms with Crippen molar-refractivity contribution in [2.24, 2.45) is 0 Å². The lowest BCUT2D eigenvalue weighted by molar-refractivity contribution is 0.0787. The first-order valence-electron chi connectivity index (χ1n) is 8.74. The third-order valence-corrected chi connectivity index (χ3v) is 5.70. The van der Waals surface area contributed by atoms with Crippen molar-refractivity contribution in [1.82, 2.24) is 24.8 Å². The molecule has 0 aliphatic carbocycles. The second-order valence-electron chi connectivity index (χ2n) is 6.75. The smallest absolute Gasteiger partial charge is 0.276 e. The zero-order valence-corrected chi connectivity index (χ0v) is 14.6. The first-order valence-corrected chi connectivity index (χ1v) is 9.68. The molecule has 0 aromatic carbocycles. The van der Waals surface area contributed by atoms with Crippen molar-refractivity contribution in [1.29, 1.82) is 0 Å². The summed E-state index contributed by atoms with van der Waals surface area (Å²) < 4.78 is 1.91. The molecule has 2 saturated heterocycles. The Morgan fingerprint density at radius 3 is 2.92 bits per heavy atom. The number of carbonyl (C=O) groups is 1. The van der Waals surface area contributed by atoms with Crippen molar-refractivity contribution >= 4 is 17.2 Å². The maximum atomic E-state index is 12.4. The Hall–Kier alpha value is -1.73. The molecule has 1 unspecified atom stereocenters. The van der Waals surface area contributed by atoms with Crippen LogP contribution in [-0.2, 0) is 6.54 Å². The topological polar surface area (TPSA) is 54.3 Å². The molecule has 2 aromatic rings. The molecule has 1 atom stereocenters. The predicted octanol–water partition coefficient (Wildman–Crippen LogP) is 2.41.